The van der Waals surface area contributed by atoms with Crippen LogP contribution in [0.3, 0.4) is 0 Å². The lowest BCUT2D eigenvalue weighted by molar-refractivity contribution is 1.000. The molecule has 230 valence electrons. The minimum Gasteiger partial charge on any atom is -0.335 e. The van der Waals surface area contributed by atoms with Crippen LogP contribution in [0, 0.1) is 0 Å². The molecule has 0 bridgehead atoms. The van der Waals surface area contributed by atoms with Gasteiger partial charge < -0.3 is 9.80 Å². The molecule has 0 amide bonds. The minimum atomic E-state index is 0.768. The molecular formula is C40H34Cl2N2S2. The number of anilines is 3. The Hall–Kier alpha value is -3.67. The average molecular weight is 678 g/mol. The van der Waals surface area contributed by atoms with E-state index in [9.17, 15) is 0 Å². The van der Waals surface area contributed by atoms with Crippen LogP contribution in [-0.4, -0.2) is 6.54 Å². The minimum absolute atomic E-state index is 0.768. The Morgan fingerprint density at radius 3 is 2.17 bits per heavy atom. The molecular weight excluding hydrogens is 643 g/mol. The first kappa shape index (κ1) is 31.0. The highest BCUT2D eigenvalue weighted by atomic mass is 35.5. The number of rotatable bonds is 8. The lowest BCUT2D eigenvalue weighted by Crippen LogP contribution is -2.18. The smallest absolute Gasteiger partial charge is 0.0801 e. The van der Waals surface area contributed by atoms with Crippen molar-refractivity contribution in [2.24, 2.45) is 0 Å². The maximum absolute atomic E-state index is 6.40. The van der Waals surface area contributed by atoms with Gasteiger partial charge in [0.2, 0.25) is 0 Å². The molecule has 0 saturated carbocycles. The molecule has 0 N–H and O–H groups in total. The van der Waals surface area contributed by atoms with Gasteiger partial charge in [0.05, 0.1) is 16.4 Å². The Labute approximate surface area is 290 Å². The van der Waals surface area contributed by atoms with Crippen LogP contribution in [0.2, 0.25) is 10.0 Å². The summed E-state index contributed by atoms with van der Waals surface area (Å²) in [6, 6.07) is 33.9. The van der Waals surface area contributed by atoms with Crippen molar-refractivity contribution in [2.45, 2.75) is 38.0 Å². The van der Waals surface area contributed by atoms with Crippen LogP contribution in [0.5, 0.6) is 0 Å². The molecule has 0 saturated heterocycles. The van der Waals surface area contributed by atoms with Crippen molar-refractivity contribution in [2.75, 3.05) is 16.3 Å². The van der Waals surface area contributed by atoms with E-state index in [4.69, 9.17) is 23.2 Å². The normalized spacial score (nSPS) is 16.5. The number of halogens is 2. The van der Waals surface area contributed by atoms with E-state index in [0.717, 1.165) is 47.2 Å². The molecule has 46 heavy (non-hydrogen) atoms. The summed E-state index contributed by atoms with van der Waals surface area (Å²) in [5, 5.41) is 4.04. The van der Waals surface area contributed by atoms with Crippen LogP contribution in [0.1, 0.15) is 37.1 Å². The van der Waals surface area contributed by atoms with Crippen LogP contribution < -0.4 is 9.80 Å². The van der Waals surface area contributed by atoms with Gasteiger partial charge in [-0.15, -0.1) is 11.3 Å². The number of hydrogen-bond donors (Lipinski definition) is 0. The van der Waals surface area contributed by atoms with Crippen molar-refractivity contribution in [3.63, 3.8) is 0 Å². The first-order chi connectivity index (χ1) is 22.5. The molecule has 6 heteroatoms. The molecule has 1 aromatic heterocycles. The summed E-state index contributed by atoms with van der Waals surface area (Å²) in [7, 11) is 0. The van der Waals surface area contributed by atoms with Crippen molar-refractivity contribution < 1.29 is 0 Å². The molecule has 4 aromatic carbocycles. The van der Waals surface area contributed by atoms with Crippen molar-refractivity contribution in [1.29, 1.82) is 0 Å². The molecule has 0 spiro atoms. The molecule has 1 aliphatic carbocycles. The third-order valence-corrected chi connectivity index (χ3v) is 11.3. The van der Waals surface area contributed by atoms with E-state index in [1.807, 2.05) is 35.2 Å². The fourth-order valence-electron chi connectivity index (χ4n) is 6.40. The van der Waals surface area contributed by atoms with E-state index in [1.165, 1.54) is 53.0 Å². The third-order valence-electron chi connectivity index (χ3n) is 8.53. The van der Waals surface area contributed by atoms with Gasteiger partial charge in [0.1, 0.15) is 0 Å². The van der Waals surface area contributed by atoms with Gasteiger partial charge in [0.15, 0.2) is 0 Å². The summed E-state index contributed by atoms with van der Waals surface area (Å²) in [6.45, 7) is 5.31. The van der Waals surface area contributed by atoms with Gasteiger partial charge in [-0.2, -0.15) is 0 Å². The molecule has 1 aliphatic heterocycles. The Balaban J connectivity index is 1.36. The van der Waals surface area contributed by atoms with Gasteiger partial charge in [-0.3, -0.25) is 0 Å². The highest BCUT2D eigenvalue weighted by Gasteiger charge is 2.27. The summed E-state index contributed by atoms with van der Waals surface area (Å²) in [4.78, 5) is 7.33. The Bertz CT molecular complexity index is 1980. The van der Waals surface area contributed by atoms with Crippen molar-refractivity contribution in [3.05, 3.63) is 158 Å². The van der Waals surface area contributed by atoms with E-state index in [2.05, 4.69) is 133 Å². The first-order valence-electron chi connectivity index (χ1n) is 15.7. The number of thiophene rings is 1. The van der Waals surface area contributed by atoms with E-state index >= 15 is 0 Å². The van der Waals surface area contributed by atoms with Gasteiger partial charge in [0, 0.05) is 42.4 Å². The molecule has 2 nitrogen and oxygen atoms in total. The van der Waals surface area contributed by atoms with Gasteiger partial charge in [-0.25, -0.2) is 0 Å². The Kier molecular flexibility index (Phi) is 9.15. The molecule has 2 aliphatic rings. The molecule has 0 unspecified atom stereocenters. The number of nitrogens with zero attached hydrogens (tertiary/aromatic N) is 2. The van der Waals surface area contributed by atoms with Crippen molar-refractivity contribution in [3.8, 4) is 0 Å². The fraction of sp³-hybridized carbons (Fsp3) is 0.150. The maximum Gasteiger partial charge on any atom is 0.0801 e. The predicted octanol–water partition coefficient (Wildman–Crippen LogP) is 13.1. The van der Waals surface area contributed by atoms with Crippen LogP contribution in [0.15, 0.2) is 142 Å². The number of aryl methyl sites for hydroxylation is 1. The van der Waals surface area contributed by atoms with E-state index in [-0.39, 0.29) is 0 Å². The predicted molar refractivity (Wildman–Crippen MR) is 203 cm³/mol. The van der Waals surface area contributed by atoms with Gasteiger partial charge in [-0.1, -0.05) is 90.4 Å². The van der Waals surface area contributed by atoms with Gasteiger partial charge in [0.25, 0.3) is 0 Å². The summed E-state index contributed by atoms with van der Waals surface area (Å²) >= 11 is 16.5. The second kappa shape index (κ2) is 13.6. The zero-order valence-corrected chi connectivity index (χ0v) is 29.0. The number of thioether (sulfide) groups is 1. The van der Waals surface area contributed by atoms with Crippen molar-refractivity contribution >= 4 is 79.5 Å². The van der Waals surface area contributed by atoms with E-state index in [0.29, 0.717) is 0 Å². The summed E-state index contributed by atoms with van der Waals surface area (Å²) in [6.07, 6.45) is 12.2. The fourth-order valence-corrected chi connectivity index (χ4v) is 9.02. The van der Waals surface area contributed by atoms with Crippen LogP contribution in [0.25, 0.3) is 16.2 Å². The molecule has 0 radical (unpaired) electrons. The number of benzene rings is 4. The molecule has 2 heterocycles. The molecule has 0 fully saturated rings. The lowest BCUT2D eigenvalue weighted by Gasteiger charge is -2.28. The summed E-state index contributed by atoms with van der Waals surface area (Å²) < 4.78 is 1.28. The Morgan fingerprint density at radius 2 is 1.48 bits per heavy atom. The molecule has 0 atom stereocenters. The number of fused-ring (bicyclic) bond motifs is 2. The second-order valence-corrected chi connectivity index (χ2v) is 14.3. The zero-order chi connectivity index (χ0) is 31.6. The SMILES string of the molecule is CCc1c(/C=C/C2=C(N(c3ccccc3)c3ccccc3)C(=C/C=C3/Sc4ccc(Cl)cc4N3CC)CC2)sc2ccc(Cl)cc12. The maximum atomic E-state index is 6.40. The third kappa shape index (κ3) is 6.08. The quantitative estimate of drug-likeness (QED) is 0.161. The number of hydrogen-bond acceptors (Lipinski definition) is 4. The standard InChI is InChI=1S/C40H34Cl2N2S2/c1-3-33-34-25-29(41)19-22-37(34)45-36(33)21-17-27-15-16-28(18-24-39-43(4-2)35-26-30(42)20-23-38(35)46-39)40(27)44(31-11-7-5-8-12-31)32-13-9-6-10-14-32/h5-14,17-26H,3-4,15-16H2,1-2H3/b21-17+,28-18?,39-24+. The van der Waals surface area contributed by atoms with Crippen LogP contribution in [-0.2, 0) is 6.42 Å². The van der Waals surface area contributed by atoms with Gasteiger partial charge >= 0.3 is 0 Å². The lowest BCUT2D eigenvalue weighted by atomic mass is 10.1. The monoisotopic (exact) mass is 676 g/mol. The van der Waals surface area contributed by atoms with Crippen LogP contribution >= 0.6 is 46.3 Å². The van der Waals surface area contributed by atoms with Gasteiger partial charge in [-0.05, 0) is 121 Å². The highest BCUT2D eigenvalue weighted by molar-refractivity contribution is 8.03. The highest BCUT2D eigenvalue weighted by Crippen LogP contribution is 2.48. The van der Waals surface area contributed by atoms with E-state index in [1.54, 1.807) is 0 Å². The molecule has 7 rings (SSSR count). The summed E-state index contributed by atoms with van der Waals surface area (Å²) in [5.41, 5.74) is 8.74. The Morgan fingerprint density at radius 1 is 0.783 bits per heavy atom. The second-order valence-electron chi connectivity index (χ2n) is 11.3. The average Bonchev–Trinajstić information content (AvgIpc) is 3.75. The topological polar surface area (TPSA) is 6.48 Å². The summed E-state index contributed by atoms with van der Waals surface area (Å²) in [5.74, 6) is 0. The first-order valence-corrected chi connectivity index (χ1v) is 18.1. The molecule has 5 aromatic rings. The number of allylic oxidation sites excluding steroid dienone is 5. The largest absolute Gasteiger partial charge is 0.335 e. The van der Waals surface area contributed by atoms with Crippen molar-refractivity contribution in [1.82, 2.24) is 0 Å². The zero-order valence-electron chi connectivity index (χ0n) is 25.8. The van der Waals surface area contributed by atoms with E-state index < -0.39 is 0 Å². The number of para-hydroxylation sites is 2. The van der Waals surface area contributed by atoms with Crippen LogP contribution in [0.4, 0.5) is 17.1 Å².